The highest BCUT2D eigenvalue weighted by molar-refractivity contribution is 6.40. The summed E-state index contributed by atoms with van der Waals surface area (Å²) >= 11 is 12.8. The van der Waals surface area contributed by atoms with Gasteiger partial charge in [-0.1, -0.05) is 47.0 Å². The van der Waals surface area contributed by atoms with Crippen LogP contribution in [0.3, 0.4) is 0 Å². The molecule has 2 N–H and O–H groups in total. The van der Waals surface area contributed by atoms with Gasteiger partial charge in [0.1, 0.15) is 5.82 Å². The summed E-state index contributed by atoms with van der Waals surface area (Å²) in [6.45, 7) is 3.79. The van der Waals surface area contributed by atoms with Crippen LogP contribution in [0.4, 0.5) is 10.1 Å². The Morgan fingerprint density at radius 3 is 2.65 bits per heavy atom. The largest absolute Gasteiger partial charge is 0.369 e. The van der Waals surface area contributed by atoms with Crippen LogP contribution < -0.4 is 15.5 Å². The Morgan fingerprint density at radius 1 is 1.03 bits per heavy atom. The van der Waals surface area contributed by atoms with Crippen molar-refractivity contribution in [2.24, 2.45) is 0 Å². The minimum Gasteiger partial charge on any atom is -0.369 e. The standard InChI is InChI=1S/C26H24Cl2FN3O2/c1-16-3-2-4-18(13-16)25(33)31-15-19-5-7-21(27)23(24(19)28)26(34)30-10-12-32-11-9-17-14-20(29)6-8-22(17)32/h2-8,13-14H,9-12,15H2,1H3,(H,30,34)(H,31,33). The maximum Gasteiger partial charge on any atom is 0.254 e. The van der Waals surface area contributed by atoms with Crippen molar-refractivity contribution >= 4 is 40.7 Å². The van der Waals surface area contributed by atoms with E-state index < -0.39 is 0 Å². The van der Waals surface area contributed by atoms with Gasteiger partial charge in [-0.15, -0.1) is 0 Å². The highest BCUT2D eigenvalue weighted by atomic mass is 35.5. The van der Waals surface area contributed by atoms with Crippen LogP contribution >= 0.6 is 23.2 Å². The quantitative estimate of drug-likeness (QED) is 0.471. The number of aryl methyl sites for hydroxylation is 1. The average molecular weight is 500 g/mol. The lowest BCUT2D eigenvalue weighted by Crippen LogP contribution is -2.34. The molecule has 8 heteroatoms. The first-order valence-corrected chi connectivity index (χ1v) is 11.7. The summed E-state index contributed by atoms with van der Waals surface area (Å²) in [6.07, 6.45) is 0.773. The maximum atomic E-state index is 13.4. The summed E-state index contributed by atoms with van der Waals surface area (Å²) in [6, 6.07) is 15.3. The van der Waals surface area contributed by atoms with Gasteiger partial charge in [0.25, 0.3) is 11.8 Å². The number of nitrogens with one attached hydrogen (secondary N) is 2. The number of benzene rings is 3. The van der Waals surface area contributed by atoms with E-state index in [-0.39, 0.29) is 39.8 Å². The summed E-state index contributed by atoms with van der Waals surface area (Å²) < 4.78 is 13.4. The molecule has 4 rings (SSSR count). The molecule has 1 heterocycles. The van der Waals surface area contributed by atoms with Crippen LogP contribution in [0.1, 0.15) is 37.4 Å². The number of amides is 2. The number of halogens is 3. The van der Waals surface area contributed by atoms with Crippen molar-refractivity contribution in [3.63, 3.8) is 0 Å². The van der Waals surface area contributed by atoms with E-state index in [0.717, 1.165) is 29.8 Å². The number of nitrogens with zero attached hydrogens (tertiary/aromatic N) is 1. The van der Waals surface area contributed by atoms with Gasteiger partial charge in [0.2, 0.25) is 0 Å². The first kappa shape index (κ1) is 24.0. The third-order valence-electron chi connectivity index (χ3n) is 5.82. The van der Waals surface area contributed by atoms with Gasteiger partial charge in [-0.3, -0.25) is 9.59 Å². The third-order valence-corrected chi connectivity index (χ3v) is 6.57. The van der Waals surface area contributed by atoms with Crippen LogP contribution in [-0.4, -0.2) is 31.4 Å². The smallest absolute Gasteiger partial charge is 0.254 e. The highest BCUT2D eigenvalue weighted by Gasteiger charge is 2.21. The first-order valence-electron chi connectivity index (χ1n) is 11.0. The molecule has 1 aliphatic heterocycles. The van der Waals surface area contributed by atoms with Gasteiger partial charge in [0, 0.05) is 37.4 Å². The lowest BCUT2D eigenvalue weighted by Gasteiger charge is -2.20. The summed E-state index contributed by atoms with van der Waals surface area (Å²) in [5.74, 6) is -0.861. The number of carbonyl (C=O) groups is 2. The Bertz CT molecular complexity index is 1250. The van der Waals surface area contributed by atoms with Crippen LogP contribution in [0.5, 0.6) is 0 Å². The molecule has 5 nitrogen and oxygen atoms in total. The Hall–Kier alpha value is -3.09. The molecule has 0 aromatic heterocycles. The molecule has 0 unspecified atom stereocenters. The topological polar surface area (TPSA) is 61.4 Å². The molecule has 0 saturated heterocycles. The van der Waals surface area contributed by atoms with Crippen molar-refractivity contribution < 1.29 is 14.0 Å². The van der Waals surface area contributed by atoms with Gasteiger partial charge in [-0.25, -0.2) is 4.39 Å². The summed E-state index contributed by atoms with van der Waals surface area (Å²) in [5, 5.41) is 6.13. The molecule has 34 heavy (non-hydrogen) atoms. The zero-order chi connectivity index (χ0) is 24.2. The fourth-order valence-corrected chi connectivity index (χ4v) is 4.68. The van der Waals surface area contributed by atoms with Crippen LogP contribution in [-0.2, 0) is 13.0 Å². The molecule has 0 aliphatic carbocycles. The van der Waals surface area contributed by atoms with E-state index in [1.807, 2.05) is 19.1 Å². The molecule has 0 radical (unpaired) electrons. The van der Waals surface area contributed by atoms with Crippen LogP contribution in [0.15, 0.2) is 54.6 Å². The fourth-order valence-electron chi connectivity index (χ4n) is 4.07. The lowest BCUT2D eigenvalue weighted by atomic mass is 10.1. The predicted molar refractivity (Wildman–Crippen MR) is 133 cm³/mol. The molecule has 0 saturated carbocycles. The zero-order valence-electron chi connectivity index (χ0n) is 18.6. The Labute approximate surface area is 207 Å². The highest BCUT2D eigenvalue weighted by Crippen LogP contribution is 2.29. The number of fused-ring (bicyclic) bond motifs is 1. The lowest BCUT2D eigenvalue weighted by molar-refractivity contribution is 0.0946. The summed E-state index contributed by atoms with van der Waals surface area (Å²) in [7, 11) is 0. The normalized spacial score (nSPS) is 12.4. The molecule has 0 bridgehead atoms. The van der Waals surface area contributed by atoms with Gasteiger partial charge in [-0.05, 0) is 60.9 Å². The molecular weight excluding hydrogens is 476 g/mol. The average Bonchev–Trinajstić information content (AvgIpc) is 3.20. The van der Waals surface area contributed by atoms with Crippen molar-refractivity contribution in [1.29, 1.82) is 0 Å². The van der Waals surface area contributed by atoms with E-state index in [1.165, 1.54) is 6.07 Å². The molecule has 176 valence electrons. The van der Waals surface area contributed by atoms with Gasteiger partial charge < -0.3 is 15.5 Å². The second-order valence-corrected chi connectivity index (χ2v) is 9.00. The van der Waals surface area contributed by atoms with E-state index >= 15 is 0 Å². The minimum absolute atomic E-state index is 0.157. The maximum absolute atomic E-state index is 13.4. The van der Waals surface area contributed by atoms with E-state index in [1.54, 1.807) is 36.4 Å². The van der Waals surface area contributed by atoms with Crippen LogP contribution in [0.25, 0.3) is 0 Å². The summed E-state index contributed by atoms with van der Waals surface area (Å²) in [4.78, 5) is 27.4. The SMILES string of the molecule is Cc1cccc(C(=O)NCc2ccc(Cl)c(C(=O)NCCN3CCc4cc(F)ccc43)c2Cl)c1. The number of rotatable bonds is 7. The Kier molecular flexibility index (Phi) is 7.39. The van der Waals surface area contributed by atoms with Gasteiger partial charge >= 0.3 is 0 Å². The second kappa shape index (κ2) is 10.5. The Balaban J connectivity index is 1.37. The molecule has 3 aromatic carbocycles. The minimum atomic E-state index is -0.389. The van der Waals surface area contributed by atoms with E-state index in [2.05, 4.69) is 15.5 Å². The van der Waals surface area contributed by atoms with Crippen molar-refractivity contribution in [1.82, 2.24) is 10.6 Å². The number of carbonyl (C=O) groups excluding carboxylic acids is 2. The monoisotopic (exact) mass is 499 g/mol. The number of hydrogen-bond donors (Lipinski definition) is 2. The van der Waals surface area contributed by atoms with Crippen LogP contribution in [0, 0.1) is 12.7 Å². The number of anilines is 1. The molecule has 2 amide bonds. The summed E-state index contributed by atoms with van der Waals surface area (Å²) in [5.41, 5.74) is 4.26. The molecule has 3 aromatic rings. The van der Waals surface area contributed by atoms with Gasteiger partial charge in [-0.2, -0.15) is 0 Å². The van der Waals surface area contributed by atoms with Crippen molar-refractivity contribution in [3.05, 3.63) is 98.3 Å². The molecule has 0 atom stereocenters. The zero-order valence-corrected chi connectivity index (χ0v) is 20.1. The molecule has 1 aliphatic rings. The third kappa shape index (κ3) is 5.34. The first-order chi connectivity index (χ1) is 16.3. The molecule has 0 spiro atoms. The Morgan fingerprint density at radius 2 is 1.85 bits per heavy atom. The van der Waals surface area contributed by atoms with Gasteiger partial charge in [0.05, 0.1) is 15.6 Å². The predicted octanol–water partition coefficient (Wildman–Crippen LogP) is 5.16. The van der Waals surface area contributed by atoms with Crippen molar-refractivity contribution in [3.8, 4) is 0 Å². The van der Waals surface area contributed by atoms with Crippen molar-refractivity contribution in [2.45, 2.75) is 19.9 Å². The molecule has 0 fully saturated rings. The van der Waals surface area contributed by atoms with E-state index in [9.17, 15) is 14.0 Å². The van der Waals surface area contributed by atoms with E-state index in [0.29, 0.717) is 24.2 Å². The van der Waals surface area contributed by atoms with Crippen LogP contribution in [0.2, 0.25) is 10.0 Å². The second-order valence-electron chi connectivity index (χ2n) is 8.21. The number of hydrogen-bond acceptors (Lipinski definition) is 3. The van der Waals surface area contributed by atoms with Gasteiger partial charge in [0.15, 0.2) is 0 Å². The van der Waals surface area contributed by atoms with E-state index in [4.69, 9.17) is 23.2 Å². The molecular formula is C26H24Cl2FN3O2. The fraction of sp³-hybridized carbons (Fsp3) is 0.231. The van der Waals surface area contributed by atoms with Crippen molar-refractivity contribution in [2.75, 3.05) is 24.5 Å².